The number of rotatable bonds is 5. The lowest BCUT2D eigenvalue weighted by Crippen LogP contribution is -2.31. The largest absolute Gasteiger partial charge is 0.338 e. The predicted octanol–water partition coefficient (Wildman–Crippen LogP) is 3.82. The number of H-pyrrole nitrogens is 1. The van der Waals surface area contributed by atoms with Crippen LogP contribution in [0.1, 0.15) is 29.9 Å². The molecule has 0 fully saturated rings. The molecule has 0 aliphatic carbocycles. The van der Waals surface area contributed by atoms with Crippen LogP contribution in [0, 0.1) is 5.82 Å². The number of carbonyl (C=O) groups excluding carboxylic acids is 2. The lowest BCUT2D eigenvalue weighted by Gasteiger charge is -2.19. The summed E-state index contributed by atoms with van der Waals surface area (Å²) >= 11 is 0. The molecule has 4 N–H and O–H groups in total. The molecule has 4 heterocycles. The predicted molar refractivity (Wildman–Crippen MR) is 133 cm³/mol. The number of fused-ring (bicyclic) bond motifs is 3. The van der Waals surface area contributed by atoms with Gasteiger partial charge in [-0.3, -0.25) is 9.89 Å². The number of nitrogens with zero attached hydrogens (tertiary/aromatic N) is 4. The Bertz CT molecular complexity index is 1490. The highest BCUT2D eigenvalue weighted by molar-refractivity contribution is 5.96. The molecule has 3 amide bonds. The van der Waals surface area contributed by atoms with Crippen LogP contribution in [-0.4, -0.2) is 45.2 Å². The smallest absolute Gasteiger partial charge is 0.319 e. The van der Waals surface area contributed by atoms with Gasteiger partial charge in [-0.2, -0.15) is 5.10 Å². The zero-order valence-electron chi connectivity index (χ0n) is 19.2. The summed E-state index contributed by atoms with van der Waals surface area (Å²) in [6.07, 6.45) is 4.72. The van der Waals surface area contributed by atoms with E-state index in [9.17, 15) is 14.0 Å². The topological polar surface area (TPSA) is 128 Å². The van der Waals surface area contributed by atoms with Crippen molar-refractivity contribution in [1.82, 2.24) is 25.5 Å². The third kappa shape index (κ3) is 3.98. The van der Waals surface area contributed by atoms with Gasteiger partial charge in [-0.25, -0.2) is 19.2 Å². The third-order valence-electron chi connectivity index (χ3n) is 6.67. The molecule has 0 radical (unpaired) electrons. The number of anilines is 4. The van der Waals surface area contributed by atoms with Crippen LogP contribution in [0.5, 0.6) is 0 Å². The Hall–Kier alpha value is -4.54. The van der Waals surface area contributed by atoms with Crippen molar-refractivity contribution in [2.45, 2.75) is 25.2 Å². The van der Waals surface area contributed by atoms with Gasteiger partial charge in [0.2, 0.25) is 5.91 Å². The fourth-order valence-corrected chi connectivity index (χ4v) is 4.93. The number of para-hydroxylation sites is 1. The zero-order chi connectivity index (χ0) is 24.6. The molecular weight excluding hydrogens is 463 g/mol. The first-order chi connectivity index (χ1) is 17.6. The number of hydrogen-bond acceptors (Lipinski definition) is 6. The van der Waals surface area contributed by atoms with Gasteiger partial charge in [0.05, 0.1) is 17.3 Å². The molecule has 0 spiro atoms. The van der Waals surface area contributed by atoms with Crippen LogP contribution in [-0.2, 0) is 11.2 Å². The van der Waals surface area contributed by atoms with Gasteiger partial charge in [0.1, 0.15) is 18.0 Å². The van der Waals surface area contributed by atoms with Gasteiger partial charge in [0.25, 0.3) is 0 Å². The number of carbonyl (C=O) groups is 2. The summed E-state index contributed by atoms with van der Waals surface area (Å²) in [6.45, 7) is 1.09. The maximum absolute atomic E-state index is 14.5. The van der Waals surface area contributed by atoms with E-state index in [1.54, 1.807) is 6.20 Å². The van der Waals surface area contributed by atoms with Crippen molar-refractivity contribution in [3.63, 3.8) is 0 Å². The Morgan fingerprint density at radius 2 is 2.08 bits per heavy atom. The van der Waals surface area contributed by atoms with Gasteiger partial charge in [-0.1, -0.05) is 18.2 Å². The number of aryl methyl sites for hydroxylation is 1. The van der Waals surface area contributed by atoms with Crippen molar-refractivity contribution in [3.05, 3.63) is 65.9 Å². The van der Waals surface area contributed by atoms with Gasteiger partial charge in [-0.15, -0.1) is 0 Å². The van der Waals surface area contributed by atoms with Crippen LogP contribution in [0.25, 0.3) is 11.0 Å². The lowest BCUT2D eigenvalue weighted by molar-refractivity contribution is -0.116. The maximum atomic E-state index is 14.5. The van der Waals surface area contributed by atoms with Crippen LogP contribution in [0.3, 0.4) is 0 Å². The molecule has 182 valence electrons. The van der Waals surface area contributed by atoms with Crippen molar-refractivity contribution in [3.8, 4) is 0 Å². The first-order valence-corrected chi connectivity index (χ1v) is 11.7. The molecule has 1 atom stereocenters. The lowest BCUT2D eigenvalue weighted by atomic mass is 9.98. The van der Waals surface area contributed by atoms with Crippen LogP contribution in [0.4, 0.5) is 32.1 Å². The minimum Gasteiger partial charge on any atom is -0.338 e. The molecule has 2 aliphatic rings. The molecule has 0 bridgehead atoms. The standard InChI is InChI=1S/C25H23FN8O2/c26-18-9-14-5-6-22(35)31-19(14)10-20(18)32-25(36)27-8-7-15-12-34(21-4-2-1-3-16(15)21)24-17-11-30-33-23(17)28-13-29-24/h1-4,9-11,13,15H,5-8,12H2,(H,31,35)(H2,27,32,36)(H,28,29,30,33). The Morgan fingerprint density at radius 3 is 3.00 bits per heavy atom. The second-order valence-corrected chi connectivity index (χ2v) is 8.90. The number of hydrogen-bond donors (Lipinski definition) is 4. The molecule has 11 heteroatoms. The van der Waals surface area contributed by atoms with Crippen molar-refractivity contribution in [2.24, 2.45) is 0 Å². The molecule has 2 aromatic heterocycles. The van der Waals surface area contributed by atoms with E-state index >= 15 is 0 Å². The number of aromatic amines is 1. The van der Waals surface area contributed by atoms with Crippen molar-refractivity contribution >= 4 is 45.9 Å². The van der Waals surface area contributed by atoms with Gasteiger partial charge < -0.3 is 20.9 Å². The van der Waals surface area contributed by atoms with Crippen molar-refractivity contribution < 1.29 is 14.0 Å². The highest BCUT2D eigenvalue weighted by atomic mass is 19.1. The number of benzene rings is 2. The zero-order valence-corrected chi connectivity index (χ0v) is 19.2. The van der Waals surface area contributed by atoms with E-state index in [2.05, 4.69) is 53.1 Å². The number of nitrogens with one attached hydrogen (secondary N) is 4. The maximum Gasteiger partial charge on any atom is 0.319 e. The van der Waals surface area contributed by atoms with Crippen LogP contribution >= 0.6 is 0 Å². The summed E-state index contributed by atoms with van der Waals surface area (Å²) in [6, 6.07) is 10.5. The molecule has 0 saturated heterocycles. The Balaban J connectivity index is 1.12. The van der Waals surface area contributed by atoms with Crippen molar-refractivity contribution in [1.29, 1.82) is 0 Å². The number of aromatic nitrogens is 4. The van der Waals surface area contributed by atoms with Crippen LogP contribution in [0.15, 0.2) is 48.9 Å². The summed E-state index contributed by atoms with van der Waals surface area (Å²) in [4.78, 5) is 35.0. The van der Waals surface area contributed by atoms with E-state index in [1.165, 1.54) is 24.0 Å². The van der Waals surface area contributed by atoms with E-state index in [0.717, 1.165) is 22.5 Å². The molecular formula is C25H23FN8O2. The SMILES string of the molecule is O=C1CCc2cc(F)c(NC(=O)NCCC3CN(c4ncnc5[nH]ncc45)c4ccccc43)cc2N1. The normalized spacial score (nSPS) is 16.4. The molecule has 2 aliphatic heterocycles. The first-order valence-electron chi connectivity index (χ1n) is 11.7. The molecule has 0 saturated carbocycles. The highest BCUT2D eigenvalue weighted by Gasteiger charge is 2.31. The molecule has 36 heavy (non-hydrogen) atoms. The minimum absolute atomic E-state index is 0.0266. The van der Waals surface area contributed by atoms with Gasteiger partial charge >= 0.3 is 6.03 Å². The Kier molecular flexibility index (Phi) is 5.44. The number of urea groups is 1. The Labute approximate surface area is 205 Å². The van der Waals surface area contributed by atoms with Crippen LogP contribution in [0.2, 0.25) is 0 Å². The first kappa shape index (κ1) is 22.0. The molecule has 4 aromatic rings. The summed E-state index contributed by atoms with van der Waals surface area (Å²) in [7, 11) is 0. The fourth-order valence-electron chi connectivity index (χ4n) is 4.93. The van der Waals surface area contributed by atoms with Gasteiger partial charge in [0, 0.05) is 36.8 Å². The van der Waals surface area contributed by atoms with E-state index in [0.29, 0.717) is 43.7 Å². The second-order valence-electron chi connectivity index (χ2n) is 8.90. The van der Waals surface area contributed by atoms with Crippen LogP contribution < -0.4 is 20.9 Å². The van der Waals surface area contributed by atoms with Gasteiger partial charge in [-0.05, 0) is 42.2 Å². The number of halogens is 1. The number of amides is 3. The highest BCUT2D eigenvalue weighted by Crippen LogP contribution is 2.42. The fraction of sp³-hybridized carbons (Fsp3) is 0.240. The molecule has 10 nitrogen and oxygen atoms in total. The summed E-state index contributed by atoms with van der Waals surface area (Å²) < 4.78 is 14.5. The van der Waals surface area contributed by atoms with E-state index in [-0.39, 0.29) is 17.5 Å². The van der Waals surface area contributed by atoms with Crippen molar-refractivity contribution in [2.75, 3.05) is 28.6 Å². The summed E-state index contributed by atoms with van der Waals surface area (Å²) in [5, 5.41) is 15.9. The second kappa shape index (κ2) is 8.91. The van der Waals surface area contributed by atoms with E-state index in [4.69, 9.17) is 0 Å². The van der Waals surface area contributed by atoms with Gasteiger partial charge in [0.15, 0.2) is 5.65 Å². The average molecular weight is 487 g/mol. The summed E-state index contributed by atoms with van der Waals surface area (Å²) in [5.74, 6) is 0.292. The monoisotopic (exact) mass is 486 g/mol. The van der Waals surface area contributed by atoms with E-state index in [1.807, 2.05) is 12.1 Å². The summed E-state index contributed by atoms with van der Waals surface area (Å²) in [5.41, 5.74) is 4.19. The average Bonchev–Trinajstić information content (AvgIpc) is 3.50. The Morgan fingerprint density at radius 1 is 1.19 bits per heavy atom. The quantitative estimate of drug-likeness (QED) is 0.340. The van der Waals surface area contributed by atoms with E-state index < -0.39 is 11.8 Å². The molecule has 6 rings (SSSR count). The third-order valence-corrected chi connectivity index (χ3v) is 6.67. The minimum atomic E-state index is -0.532. The molecule has 1 unspecified atom stereocenters. The molecule has 2 aromatic carbocycles.